The molecular weight excluding hydrogens is 472 g/mol. The fraction of sp³-hybridized carbons (Fsp3) is 0.500. The number of aromatic nitrogens is 2. The van der Waals surface area contributed by atoms with Crippen LogP contribution in [0.5, 0.6) is 0 Å². The van der Waals surface area contributed by atoms with E-state index in [4.69, 9.17) is 9.73 Å². The molecule has 0 fully saturated rings. The average molecular weight is 503 g/mol. The van der Waals surface area contributed by atoms with E-state index in [0.29, 0.717) is 19.7 Å². The Bertz CT molecular complexity index is 761. The van der Waals surface area contributed by atoms with Crippen molar-refractivity contribution in [2.24, 2.45) is 4.99 Å². The summed E-state index contributed by atoms with van der Waals surface area (Å²) < 4.78 is 20.2. The summed E-state index contributed by atoms with van der Waals surface area (Å²) in [6.45, 7) is 9.47. The van der Waals surface area contributed by atoms with Gasteiger partial charge in [-0.25, -0.2) is 9.38 Å². The minimum absolute atomic E-state index is 0. The summed E-state index contributed by atoms with van der Waals surface area (Å²) in [5, 5.41) is 7.91. The zero-order valence-corrected chi connectivity index (χ0v) is 19.7. The zero-order valence-electron chi connectivity index (χ0n) is 17.3. The van der Waals surface area contributed by atoms with Gasteiger partial charge in [-0.1, -0.05) is 12.1 Å². The summed E-state index contributed by atoms with van der Waals surface area (Å²) in [5.41, 5.74) is 4.27. The van der Waals surface area contributed by atoms with Crippen LogP contribution in [-0.4, -0.2) is 47.9 Å². The van der Waals surface area contributed by atoms with Gasteiger partial charge in [0.25, 0.3) is 0 Å². The van der Waals surface area contributed by atoms with Crippen LogP contribution in [0, 0.1) is 19.7 Å². The highest BCUT2D eigenvalue weighted by molar-refractivity contribution is 14.0. The Morgan fingerprint density at radius 1 is 1.29 bits per heavy atom. The maximum absolute atomic E-state index is 13.1. The van der Waals surface area contributed by atoms with Gasteiger partial charge < -0.3 is 15.0 Å². The van der Waals surface area contributed by atoms with Crippen LogP contribution < -0.4 is 5.32 Å². The summed E-state index contributed by atoms with van der Waals surface area (Å²) in [6.07, 6.45) is 0. The van der Waals surface area contributed by atoms with Gasteiger partial charge in [0.1, 0.15) is 5.82 Å². The number of nitrogens with one attached hydrogen (secondary N) is 1. The molecule has 0 saturated heterocycles. The molecule has 28 heavy (non-hydrogen) atoms. The van der Waals surface area contributed by atoms with Crippen molar-refractivity contribution in [2.45, 2.75) is 40.4 Å². The van der Waals surface area contributed by atoms with Crippen LogP contribution in [0.15, 0.2) is 29.3 Å². The molecule has 2 rings (SSSR count). The molecule has 0 spiro atoms. The smallest absolute Gasteiger partial charge is 0.194 e. The van der Waals surface area contributed by atoms with Gasteiger partial charge in [0, 0.05) is 38.5 Å². The second-order valence-corrected chi connectivity index (χ2v) is 6.52. The number of nitrogens with zero attached hydrogens (tertiary/aromatic N) is 4. The molecule has 0 amide bonds. The summed E-state index contributed by atoms with van der Waals surface area (Å²) in [6, 6.07) is 6.55. The first-order valence-electron chi connectivity index (χ1n) is 9.22. The fourth-order valence-electron chi connectivity index (χ4n) is 2.92. The third kappa shape index (κ3) is 6.73. The van der Waals surface area contributed by atoms with Crippen molar-refractivity contribution in [1.82, 2.24) is 20.0 Å². The molecule has 1 aromatic heterocycles. The van der Waals surface area contributed by atoms with Gasteiger partial charge in [0.15, 0.2) is 5.96 Å². The number of aryl methyl sites for hydroxylation is 1. The summed E-state index contributed by atoms with van der Waals surface area (Å²) in [7, 11) is 3.67. The number of benzene rings is 1. The van der Waals surface area contributed by atoms with Gasteiger partial charge in [-0.05, 0) is 38.5 Å². The van der Waals surface area contributed by atoms with E-state index in [9.17, 15) is 4.39 Å². The normalized spacial score (nSPS) is 11.3. The van der Waals surface area contributed by atoms with Gasteiger partial charge in [0.05, 0.1) is 25.4 Å². The number of ether oxygens (including phenoxy) is 1. The molecule has 0 bridgehead atoms. The van der Waals surface area contributed by atoms with Crippen molar-refractivity contribution in [1.29, 1.82) is 0 Å². The Balaban J connectivity index is 0.00000392. The summed E-state index contributed by atoms with van der Waals surface area (Å²) in [5.74, 6) is 0.587. The number of guanidine groups is 1. The summed E-state index contributed by atoms with van der Waals surface area (Å²) in [4.78, 5) is 6.82. The number of aliphatic imine (C=N–C) groups is 1. The van der Waals surface area contributed by atoms with Gasteiger partial charge in [-0.2, -0.15) is 5.10 Å². The Kier molecular flexibility index (Phi) is 10.4. The molecule has 1 N–H and O–H groups in total. The third-order valence-electron chi connectivity index (χ3n) is 4.45. The van der Waals surface area contributed by atoms with Crippen LogP contribution in [0.4, 0.5) is 4.39 Å². The first-order valence-corrected chi connectivity index (χ1v) is 9.22. The highest BCUT2D eigenvalue weighted by atomic mass is 127. The minimum atomic E-state index is -0.224. The van der Waals surface area contributed by atoms with Crippen LogP contribution in [0.3, 0.4) is 0 Å². The predicted octanol–water partition coefficient (Wildman–Crippen LogP) is 3.50. The first-order chi connectivity index (χ1) is 13.0. The van der Waals surface area contributed by atoms with E-state index in [2.05, 4.69) is 17.3 Å². The Hall–Kier alpha value is -1.68. The lowest BCUT2D eigenvalue weighted by molar-refractivity contribution is 0.182. The molecule has 0 aliphatic rings. The van der Waals surface area contributed by atoms with Gasteiger partial charge >= 0.3 is 0 Å². The molecular formula is C20H31FIN5O. The van der Waals surface area contributed by atoms with E-state index in [-0.39, 0.29) is 29.8 Å². The SMILES string of the molecule is CCNC(=NCc1c(C)nn(CCOC)c1C)N(C)Cc1ccc(F)cc1.I. The number of rotatable bonds is 8. The summed E-state index contributed by atoms with van der Waals surface area (Å²) >= 11 is 0. The van der Waals surface area contributed by atoms with Gasteiger partial charge in [0.2, 0.25) is 0 Å². The Labute approximate surface area is 184 Å². The monoisotopic (exact) mass is 503 g/mol. The third-order valence-corrected chi connectivity index (χ3v) is 4.45. The minimum Gasteiger partial charge on any atom is -0.383 e. The van der Waals surface area contributed by atoms with E-state index >= 15 is 0 Å². The molecule has 2 aromatic rings. The van der Waals surface area contributed by atoms with Crippen molar-refractivity contribution in [3.8, 4) is 0 Å². The standard InChI is InChI=1S/C20H30FN5O.HI/c1-6-22-20(25(4)14-17-7-9-18(21)10-8-17)23-13-19-15(2)24-26(16(19)3)11-12-27-5;/h7-10H,6,11-14H2,1-5H3,(H,22,23);1H. The largest absolute Gasteiger partial charge is 0.383 e. The van der Waals surface area contributed by atoms with Crippen molar-refractivity contribution in [3.05, 3.63) is 52.6 Å². The van der Waals surface area contributed by atoms with Gasteiger partial charge in [-0.15, -0.1) is 24.0 Å². The molecule has 0 radical (unpaired) electrons. The van der Waals surface area contributed by atoms with Crippen LogP contribution in [0.2, 0.25) is 0 Å². The van der Waals surface area contributed by atoms with E-state index in [1.165, 1.54) is 12.1 Å². The zero-order chi connectivity index (χ0) is 19.8. The second-order valence-electron chi connectivity index (χ2n) is 6.52. The van der Waals surface area contributed by atoms with Crippen molar-refractivity contribution in [2.75, 3.05) is 27.3 Å². The molecule has 0 unspecified atom stereocenters. The number of methoxy groups -OCH3 is 1. The average Bonchev–Trinajstić information content (AvgIpc) is 2.92. The molecule has 0 atom stereocenters. The van der Waals surface area contributed by atoms with Gasteiger partial charge in [-0.3, -0.25) is 4.68 Å². The van der Waals surface area contributed by atoms with E-state index in [1.54, 1.807) is 19.2 Å². The van der Waals surface area contributed by atoms with E-state index in [1.807, 2.05) is 30.5 Å². The molecule has 1 aromatic carbocycles. The first kappa shape index (κ1) is 24.4. The molecule has 6 nitrogen and oxygen atoms in total. The van der Waals surface area contributed by atoms with Crippen LogP contribution in [-0.2, 0) is 24.4 Å². The second kappa shape index (κ2) is 12.0. The number of halogens is 2. The van der Waals surface area contributed by atoms with Crippen LogP contribution in [0.1, 0.15) is 29.4 Å². The maximum atomic E-state index is 13.1. The quantitative estimate of drug-likeness (QED) is 0.341. The molecule has 1 heterocycles. The fourth-order valence-corrected chi connectivity index (χ4v) is 2.92. The lowest BCUT2D eigenvalue weighted by atomic mass is 10.2. The highest BCUT2D eigenvalue weighted by Gasteiger charge is 2.12. The lowest BCUT2D eigenvalue weighted by Crippen LogP contribution is -2.38. The van der Waals surface area contributed by atoms with Crippen molar-refractivity contribution < 1.29 is 9.13 Å². The molecule has 0 aliphatic carbocycles. The lowest BCUT2D eigenvalue weighted by Gasteiger charge is -2.22. The van der Waals surface area contributed by atoms with Crippen LogP contribution >= 0.6 is 24.0 Å². The predicted molar refractivity (Wildman–Crippen MR) is 122 cm³/mol. The molecule has 0 saturated carbocycles. The maximum Gasteiger partial charge on any atom is 0.194 e. The highest BCUT2D eigenvalue weighted by Crippen LogP contribution is 2.15. The Morgan fingerprint density at radius 3 is 2.57 bits per heavy atom. The Morgan fingerprint density at radius 2 is 1.96 bits per heavy atom. The van der Waals surface area contributed by atoms with E-state index < -0.39 is 0 Å². The number of hydrogen-bond donors (Lipinski definition) is 1. The molecule has 0 aliphatic heterocycles. The molecule has 156 valence electrons. The van der Waals surface area contributed by atoms with Crippen molar-refractivity contribution >= 4 is 29.9 Å². The van der Waals surface area contributed by atoms with Crippen LogP contribution in [0.25, 0.3) is 0 Å². The molecule has 8 heteroatoms. The van der Waals surface area contributed by atoms with Crippen molar-refractivity contribution in [3.63, 3.8) is 0 Å². The number of hydrogen-bond acceptors (Lipinski definition) is 3. The van der Waals surface area contributed by atoms with E-state index in [0.717, 1.165) is 41.6 Å². The topological polar surface area (TPSA) is 54.7 Å².